The minimum absolute atomic E-state index is 0.329. The van der Waals surface area contributed by atoms with E-state index < -0.39 is 0 Å². The number of nitrogens with one attached hydrogen (secondary N) is 1. The quantitative estimate of drug-likeness (QED) is 0.461. The van der Waals surface area contributed by atoms with Gasteiger partial charge in [0.25, 0.3) is 5.89 Å². The summed E-state index contributed by atoms with van der Waals surface area (Å²) in [5, 5.41) is 7.44. The lowest BCUT2D eigenvalue weighted by Gasteiger charge is -2.08. The van der Waals surface area contributed by atoms with Crippen LogP contribution in [0.25, 0.3) is 11.5 Å². The van der Waals surface area contributed by atoms with Crippen LogP contribution >= 0.6 is 11.6 Å². The van der Waals surface area contributed by atoms with Crippen LogP contribution in [0, 0.1) is 0 Å². The van der Waals surface area contributed by atoms with Gasteiger partial charge in [0.15, 0.2) is 11.8 Å². The summed E-state index contributed by atoms with van der Waals surface area (Å²) in [7, 11) is 1.57. The van der Waals surface area contributed by atoms with Crippen LogP contribution in [-0.2, 0) is 12.8 Å². The van der Waals surface area contributed by atoms with E-state index in [0.29, 0.717) is 35.0 Å². The topological polar surface area (TPSA) is 98.6 Å². The molecule has 7 nitrogen and oxygen atoms in total. The van der Waals surface area contributed by atoms with Crippen LogP contribution in [0.15, 0.2) is 52.0 Å². The van der Waals surface area contributed by atoms with Gasteiger partial charge in [-0.15, -0.1) is 0 Å². The van der Waals surface area contributed by atoms with Crippen molar-refractivity contribution in [2.24, 2.45) is 10.7 Å². The van der Waals surface area contributed by atoms with Gasteiger partial charge in [0.2, 0.25) is 0 Å². The van der Waals surface area contributed by atoms with Gasteiger partial charge in [0.05, 0.1) is 12.1 Å². The Kier molecular flexibility index (Phi) is 6.49. The normalized spacial score (nSPS) is 11.5. The monoisotopic (exact) mass is 399 g/mol. The van der Waals surface area contributed by atoms with Gasteiger partial charge in [0.1, 0.15) is 5.75 Å². The van der Waals surface area contributed by atoms with Gasteiger partial charge in [0, 0.05) is 24.2 Å². The third kappa shape index (κ3) is 5.01. The lowest BCUT2D eigenvalue weighted by Crippen LogP contribution is -2.23. The molecule has 0 aliphatic rings. The number of aryl methyl sites for hydroxylation is 1. The van der Waals surface area contributed by atoms with Crippen LogP contribution < -0.4 is 15.8 Å². The third-order valence-corrected chi connectivity index (χ3v) is 4.39. The minimum atomic E-state index is 0.329. The largest absolute Gasteiger partial charge is 0.495 e. The molecule has 28 heavy (non-hydrogen) atoms. The number of aromatic nitrogens is 2. The summed E-state index contributed by atoms with van der Waals surface area (Å²) < 4.78 is 10.4. The van der Waals surface area contributed by atoms with Crippen molar-refractivity contribution in [2.45, 2.75) is 19.8 Å². The molecule has 0 aliphatic heterocycles. The van der Waals surface area contributed by atoms with E-state index in [2.05, 4.69) is 20.4 Å². The summed E-state index contributed by atoms with van der Waals surface area (Å²) >= 11 is 6.10. The number of anilines is 1. The summed E-state index contributed by atoms with van der Waals surface area (Å²) in [6.45, 7) is 2.55. The molecule has 0 radical (unpaired) electrons. The lowest BCUT2D eigenvalue weighted by atomic mass is 10.1. The molecule has 0 bridgehead atoms. The van der Waals surface area contributed by atoms with Gasteiger partial charge >= 0.3 is 0 Å². The first-order valence-corrected chi connectivity index (χ1v) is 9.29. The summed E-state index contributed by atoms with van der Waals surface area (Å²) in [6.07, 6.45) is 1.51. The van der Waals surface area contributed by atoms with E-state index >= 15 is 0 Å². The molecule has 0 atom stereocenters. The Bertz CT molecular complexity index is 953. The molecule has 0 amide bonds. The van der Waals surface area contributed by atoms with Crippen molar-refractivity contribution < 1.29 is 9.26 Å². The molecule has 0 unspecified atom stereocenters. The number of rotatable bonds is 7. The van der Waals surface area contributed by atoms with Gasteiger partial charge in [-0.25, -0.2) is 0 Å². The summed E-state index contributed by atoms with van der Waals surface area (Å²) in [4.78, 5) is 8.68. The Labute approximate surface area is 168 Å². The number of nitrogens with zero attached hydrogens (tertiary/aromatic N) is 3. The fraction of sp³-hybridized carbons (Fsp3) is 0.250. The summed E-state index contributed by atoms with van der Waals surface area (Å²) in [5.74, 6) is 2.18. The van der Waals surface area contributed by atoms with Gasteiger partial charge < -0.3 is 20.3 Å². The molecule has 3 aromatic rings. The van der Waals surface area contributed by atoms with Crippen molar-refractivity contribution in [3.05, 3.63) is 58.9 Å². The number of nitrogens with two attached hydrogens (primary N) is 1. The van der Waals surface area contributed by atoms with E-state index in [4.69, 9.17) is 26.6 Å². The molecule has 146 valence electrons. The highest BCUT2D eigenvalue weighted by Gasteiger charge is 2.07. The second-order valence-corrected chi connectivity index (χ2v) is 6.46. The number of halogens is 1. The maximum atomic E-state index is 6.10. The zero-order valence-corrected chi connectivity index (χ0v) is 16.5. The predicted octanol–water partition coefficient (Wildman–Crippen LogP) is 3.93. The molecule has 0 spiro atoms. The second-order valence-electron chi connectivity index (χ2n) is 6.06. The highest BCUT2D eigenvalue weighted by atomic mass is 35.5. The Morgan fingerprint density at radius 1 is 1.25 bits per heavy atom. The zero-order valence-electron chi connectivity index (χ0n) is 15.8. The van der Waals surface area contributed by atoms with E-state index in [-0.39, 0.29) is 0 Å². The first-order valence-electron chi connectivity index (χ1n) is 8.91. The first-order chi connectivity index (χ1) is 13.6. The van der Waals surface area contributed by atoms with E-state index in [1.54, 1.807) is 19.2 Å². The fourth-order valence-corrected chi connectivity index (χ4v) is 2.82. The zero-order chi connectivity index (χ0) is 19.9. The molecule has 3 rings (SSSR count). The van der Waals surface area contributed by atoms with E-state index in [9.17, 15) is 0 Å². The van der Waals surface area contributed by atoms with Crippen LogP contribution in [0.1, 0.15) is 18.3 Å². The number of methoxy groups -OCH3 is 1. The van der Waals surface area contributed by atoms with Crippen LogP contribution in [0.2, 0.25) is 5.02 Å². The molecular weight excluding hydrogens is 378 g/mol. The first kappa shape index (κ1) is 19.7. The molecule has 0 saturated carbocycles. The summed E-state index contributed by atoms with van der Waals surface area (Å²) in [5.41, 5.74) is 8.74. The maximum absolute atomic E-state index is 6.10. The van der Waals surface area contributed by atoms with Crippen molar-refractivity contribution >= 4 is 23.2 Å². The van der Waals surface area contributed by atoms with Gasteiger partial charge in [-0.2, -0.15) is 4.98 Å². The average Bonchev–Trinajstić information content (AvgIpc) is 3.18. The van der Waals surface area contributed by atoms with Gasteiger partial charge in [-0.1, -0.05) is 35.8 Å². The lowest BCUT2D eigenvalue weighted by molar-refractivity contribution is 0.415. The van der Waals surface area contributed by atoms with Gasteiger partial charge in [-0.05, 0) is 42.3 Å². The van der Waals surface area contributed by atoms with Crippen LogP contribution in [0.5, 0.6) is 5.75 Å². The SMILES string of the molecule is CCc1noc(-c2ccc(CCN=C(N)Nc3ccc(OC)c(Cl)c3)cc2)n1. The molecule has 3 N–H and O–H groups in total. The number of guanidine groups is 1. The van der Waals surface area contributed by atoms with Crippen LogP contribution in [0.3, 0.4) is 0 Å². The van der Waals surface area contributed by atoms with E-state index in [1.165, 1.54) is 0 Å². The molecule has 2 aromatic carbocycles. The number of benzene rings is 2. The Hall–Kier alpha value is -3.06. The maximum Gasteiger partial charge on any atom is 0.257 e. The molecule has 0 fully saturated rings. The third-order valence-electron chi connectivity index (χ3n) is 4.09. The van der Waals surface area contributed by atoms with E-state index in [0.717, 1.165) is 29.7 Å². The minimum Gasteiger partial charge on any atom is -0.495 e. The number of hydrogen-bond donors (Lipinski definition) is 2. The van der Waals surface area contributed by atoms with Crippen molar-refractivity contribution in [1.82, 2.24) is 10.1 Å². The van der Waals surface area contributed by atoms with Crippen molar-refractivity contribution in [2.75, 3.05) is 19.0 Å². The van der Waals surface area contributed by atoms with E-state index in [1.807, 2.05) is 37.3 Å². The highest BCUT2D eigenvalue weighted by Crippen LogP contribution is 2.27. The smallest absolute Gasteiger partial charge is 0.257 e. The standard InChI is InChI=1S/C20H22ClN5O2/c1-3-18-25-19(28-26-18)14-6-4-13(5-7-14)10-11-23-20(22)24-15-8-9-17(27-2)16(21)12-15/h4-9,12H,3,10-11H2,1-2H3,(H3,22,23,24). The molecule has 8 heteroatoms. The number of hydrogen-bond acceptors (Lipinski definition) is 5. The molecule has 1 heterocycles. The fourth-order valence-electron chi connectivity index (χ4n) is 2.57. The Balaban J connectivity index is 1.54. The number of aliphatic imine (C=N–C) groups is 1. The Morgan fingerprint density at radius 3 is 2.68 bits per heavy atom. The van der Waals surface area contributed by atoms with Crippen molar-refractivity contribution in [1.29, 1.82) is 0 Å². The average molecular weight is 400 g/mol. The molecule has 1 aromatic heterocycles. The predicted molar refractivity (Wildman–Crippen MR) is 111 cm³/mol. The molecule has 0 saturated heterocycles. The van der Waals surface area contributed by atoms with Crippen LogP contribution in [-0.4, -0.2) is 29.8 Å². The summed E-state index contributed by atoms with van der Waals surface area (Å²) in [6, 6.07) is 13.3. The highest BCUT2D eigenvalue weighted by molar-refractivity contribution is 6.32. The van der Waals surface area contributed by atoms with Crippen LogP contribution in [0.4, 0.5) is 5.69 Å². The Morgan fingerprint density at radius 2 is 2.04 bits per heavy atom. The molecular formula is C20H22ClN5O2. The van der Waals surface area contributed by atoms with Gasteiger partial charge in [-0.3, -0.25) is 4.99 Å². The van der Waals surface area contributed by atoms with Crippen molar-refractivity contribution in [3.8, 4) is 17.2 Å². The second kappa shape index (κ2) is 9.23. The number of ether oxygens (including phenoxy) is 1. The van der Waals surface area contributed by atoms with Crippen molar-refractivity contribution in [3.63, 3.8) is 0 Å². The molecule has 0 aliphatic carbocycles.